The second kappa shape index (κ2) is 6.54. The molecule has 1 amide bonds. The molecule has 2 bridgehead atoms. The molecule has 0 saturated carbocycles. The highest BCUT2D eigenvalue weighted by atomic mass is 16.6. The number of fused-ring (bicyclic) bond motifs is 1. The Morgan fingerprint density at radius 2 is 2.15 bits per heavy atom. The first-order valence-corrected chi connectivity index (χ1v) is 9.46. The van der Waals surface area contributed by atoms with Gasteiger partial charge < -0.3 is 14.4 Å². The summed E-state index contributed by atoms with van der Waals surface area (Å²) in [5.41, 5.74) is 0.400. The maximum absolute atomic E-state index is 13.2. The number of esters is 1. The van der Waals surface area contributed by atoms with E-state index in [0.717, 1.165) is 18.4 Å². The van der Waals surface area contributed by atoms with Crippen LogP contribution in [-0.4, -0.2) is 41.6 Å². The standard InChI is InChI=1S/C21H25NO4/c1-3-4-12-25-20(24)17-16-10-11-21(26-16)13-22(19(23)18(17)21)14(2)15-8-6-5-7-9-15/h5-11,14,16-18H,3-4,12-13H2,1-2H3/t14-,16-,17-,18-,21+/m0/s1. The maximum atomic E-state index is 13.2. The Balaban J connectivity index is 1.56. The van der Waals surface area contributed by atoms with E-state index in [-0.39, 0.29) is 24.0 Å². The summed E-state index contributed by atoms with van der Waals surface area (Å²) in [5, 5.41) is 0. The number of amides is 1. The molecule has 1 aromatic carbocycles. The molecule has 3 aliphatic heterocycles. The number of carbonyl (C=O) groups excluding carboxylic acids is 2. The third kappa shape index (κ3) is 2.57. The van der Waals surface area contributed by atoms with Crippen molar-refractivity contribution in [3.05, 3.63) is 48.0 Å². The summed E-state index contributed by atoms with van der Waals surface area (Å²) in [6.07, 6.45) is 5.36. The van der Waals surface area contributed by atoms with Crippen molar-refractivity contribution in [3.8, 4) is 0 Å². The fourth-order valence-electron chi connectivity index (χ4n) is 4.45. The smallest absolute Gasteiger partial charge is 0.312 e. The Morgan fingerprint density at radius 3 is 2.88 bits per heavy atom. The first-order chi connectivity index (χ1) is 12.6. The van der Waals surface area contributed by atoms with E-state index >= 15 is 0 Å². The van der Waals surface area contributed by atoms with Crippen LogP contribution in [0.25, 0.3) is 0 Å². The minimum Gasteiger partial charge on any atom is -0.465 e. The molecule has 3 aliphatic rings. The van der Waals surface area contributed by atoms with Crippen LogP contribution in [0.15, 0.2) is 42.5 Å². The summed E-state index contributed by atoms with van der Waals surface area (Å²) in [6.45, 7) is 4.96. The lowest BCUT2D eigenvalue weighted by Gasteiger charge is -2.27. The summed E-state index contributed by atoms with van der Waals surface area (Å²) in [7, 11) is 0. The lowest BCUT2D eigenvalue weighted by molar-refractivity contribution is -0.154. The highest BCUT2D eigenvalue weighted by Gasteiger charge is 2.67. The van der Waals surface area contributed by atoms with Crippen LogP contribution < -0.4 is 0 Å². The third-order valence-corrected chi connectivity index (χ3v) is 5.89. The van der Waals surface area contributed by atoms with E-state index < -0.39 is 17.4 Å². The lowest BCUT2D eigenvalue weighted by atomic mass is 9.77. The number of hydrogen-bond acceptors (Lipinski definition) is 4. The summed E-state index contributed by atoms with van der Waals surface area (Å²) >= 11 is 0. The Bertz CT molecular complexity index is 731. The minimum absolute atomic E-state index is 0.00866. The third-order valence-electron chi connectivity index (χ3n) is 5.89. The van der Waals surface area contributed by atoms with Crippen molar-refractivity contribution in [2.75, 3.05) is 13.2 Å². The minimum atomic E-state index is -0.681. The predicted octanol–water partition coefficient (Wildman–Crippen LogP) is 2.87. The predicted molar refractivity (Wildman–Crippen MR) is 96.2 cm³/mol. The van der Waals surface area contributed by atoms with E-state index in [4.69, 9.17) is 9.47 Å². The molecule has 1 spiro atoms. The van der Waals surface area contributed by atoms with Crippen LogP contribution in [-0.2, 0) is 19.1 Å². The highest BCUT2D eigenvalue weighted by molar-refractivity contribution is 5.91. The summed E-state index contributed by atoms with van der Waals surface area (Å²) in [4.78, 5) is 27.7. The van der Waals surface area contributed by atoms with Gasteiger partial charge in [0.1, 0.15) is 11.5 Å². The number of unbranched alkanes of at least 4 members (excludes halogenated alkanes) is 1. The van der Waals surface area contributed by atoms with Gasteiger partial charge in [0.05, 0.1) is 31.2 Å². The van der Waals surface area contributed by atoms with Gasteiger partial charge in [-0.3, -0.25) is 9.59 Å². The van der Waals surface area contributed by atoms with Crippen LogP contribution in [0.5, 0.6) is 0 Å². The van der Waals surface area contributed by atoms with Crippen molar-refractivity contribution >= 4 is 11.9 Å². The van der Waals surface area contributed by atoms with Crippen LogP contribution in [0.3, 0.4) is 0 Å². The van der Waals surface area contributed by atoms with Crippen molar-refractivity contribution in [2.24, 2.45) is 11.8 Å². The van der Waals surface area contributed by atoms with Gasteiger partial charge in [-0.25, -0.2) is 0 Å². The summed E-state index contributed by atoms with van der Waals surface area (Å²) in [6, 6.07) is 9.90. The number of carbonyl (C=O) groups is 2. The molecule has 4 rings (SSSR count). The largest absolute Gasteiger partial charge is 0.465 e. The van der Waals surface area contributed by atoms with E-state index in [9.17, 15) is 9.59 Å². The molecule has 1 aromatic rings. The number of rotatable bonds is 6. The Kier molecular flexibility index (Phi) is 4.35. The molecule has 0 aliphatic carbocycles. The number of benzene rings is 1. The first-order valence-electron chi connectivity index (χ1n) is 9.46. The highest BCUT2D eigenvalue weighted by Crippen LogP contribution is 2.53. The van der Waals surface area contributed by atoms with Gasteiger partial charge in [-0.1, -0.05) is 55.8 Å². The zero-order valence-electron chi connectivity index (χ0n) is 15.3. The van der Waals surface area contributed by atoms with Gasteiger partial charge in [-0.2, -0.15) is 0 Å². The van der Waals surface area contributed by atoms with Crippen LogP contribution in [0.2, 0.25) is 0 Å². The summed E-state index contributed by atoms with van der Waals surface area (Å²) in [5.74, 6) is -1.32. The SMILES string of the molecule is CCCCOC(=O)[C@H]1[C@@H]2C=C[C@]3(CN([C@@H](C)c4ccccc4)C(=O)[C@H]13)O2. The normalized spacial score (nSPS) is 32.8. The van der Waals surface area contributed by atoms with E-state index in [0.29, 0.717) is 13.2 Å². The molecule has 0 N–H and O–H groups in total. The van der Waals surface area contributed by atoms with Crippen LogP contribution in [0, 0.1) is 11.8 Å². The zero-order valence-corrected chi connectivity index (χ0v) is 15.3. The number of nitrogens with zero attached hydrogens (tertiary/aromatic N) is 1. The van der Waals surface area contributed by atoms with Crippen molar-refractivity contribution in [1.29, 1.82) is 0 Å². The van der Waals surface area contributed by atoms with Gasteiger partial charge in [0.25, 0.3) is 0 Å². The maximum Gasteiger partial charge on any atom is 0.312 e. The van der Waals surface area contributed by atoms with Crippen LogP contribution in [0.1, 0.15) is 38.3 Å². The average molecular weight is 355 g/mol. The van der Waals surface area contributed by atoms with Gasteiger partial charge in [0, 0.05) is 0 Å². The molecule has 0 aromatic heterocycles. The van der Waals surface area contributed by atoms with E-state index in [1.54, 1.807) is 0 Å². The molecule has 2 fully saturated rings. The van der Waals surface area contributed by atoms with Gasteiger partial charge >= 0.3 is 5.97 Å². The first kappa shape index (κ1) is 17.3. The quantitative estimate of drug-likeness (QED) is 0.447. The molecule has 26 heavy (non-hydrogen) atoms. The lowest BCUT2D eigenvalue weighted by Crippen LogP contribution is -2.40. The van der Waals surface area contributed by atoms with E-state index in [2.05, 4.69) is 6.92 Å². The Morgan fingerprint density at radius 1 is 1.38 bits per heavy atom. The fraction of sp³-hybridized carbons (Fsp3) is 0.524. The second-order valence-corrected chi connectivity index (χ2v) is 7.47. The molecule has 5 nitrogen and oxygen atoms in total. The molecule has 5 atom stereocenters. The van der Waals surface area contributed by atoms with Crippen molar-refractivity contribution in [1.82, 2.24) is 4.90 Å². The topological polar surface area (TPSA) is 55.8 Å². The Hall–Kier alpha value is -2.14. The number of ether oxygens (including phenoxy) is 2. The molecule has 0 radical (unpaired) electrons. The monoisotopic (exact) mass is 355 g/mol. The van der Waals surface area contributed by atoms with Crippen molar-refractivity contribution in [3.63, 3.8) is 0 Å². The van der Waals surface area contributed by atoms with Gasteiger partial charge in [0.15, 0.2) is 0 Å². The molecule has 5 heteroatoms. The fourth-order valence-corrected chi connectivity index (χ4v) is 4.45. The van der Waals surface area contributed by atoms with Crippen molar-refractivity contribution < 1.29 is 19.1 Å². The Labute approximate surface area is 154 Å². The van der Waals surface area contributed by atoms with Crippen LogP contribution in [0.4, 0.5) is 0 Å². The molecule has 2 saturated heterocycles. The van der Waals surface area contributed by atoms with E-state index in [1.165, 1.54) is 0 Å². The molecular formula is C21H25NO4. The summed E-state index contributed by atoms with van der Waals surface area (Å²) < 4.78 is 11.6. The van der Waals surface area contributed by atoms with Gasteiger partial charge in [-0.05, 0) is 18.9 Å². The molecule has 0 unspecified atom stereocenters. The molecule has 138 valence electrons. The number of hydrogen-bond donors (Lipinski definition) is 0. The molecule has 3 heterocycles. The van der Waals surface area contributed by atoms with Crippen LogP contribution >= 0.6 is 0 Å². The zero-order chi connectivity index (χ0) is 18.3. The second-order valence-electron chi connectivity index (χ2n) is 7.47. The number of likely N-dealkylation sites (tertiary alicyclic amines) is 1. The van der Waals surface area contributed by atoms with E-state index in [1.807, 2.05) is 54.3 Å². The van der Waals surface area contributed by atoms with Gasteiger partial charge in [-0.15, -0.1) is 0 Å². The average Bonchev–Trinajstić information content (AvgIpc) is 3.30. The molecular weight excluding hydrogens is 330 g/mol. The van der Waals surface area contributed by atoms with Gasteiger partial charge in [0.2, 0.25) is 5.91 Å². The van der Waals surface area contributed by atoms with Crippen molar-refractivity contribution in [2.45, 2.75) is 44.4 Å².